The molecule has 0 saturated carbocycles. The fourth-order valence-electron chi connectivity index (χ4n) is 1.45. The van der Waals surface area contributed by atoms with E-state index in [1.807, 2.05) is 35.7 Å². The molecule has 2 aromatic rings. The molecule has 6 heteroatoms. The van der Waals surface area contributed by atoms with Gasteiger partial charge in [-0.15, -0.1) is 11.3 Å². The molecule has 0 bridgehead atoms. The van der Waals surface area contributed by atoms with Crippen LogP contribution in [0.1, 0.15) is 9.67 Å². The van der Waals surface area contributed by atoms with Crippen LogP contribution < -0.4 is 10.6 Å². The van der Waals surface area contributed by atoms with E-state index >= 15 is 0 Å². The lowest BCUT2D eigenvalue weighted by molar-refractivity contribution is 0.101. The van der Waals surface area contributed by atoms with Gasteiger partial charge in [-0.05, 0) is 52.2 Å². The van der Waals surface area contributed by atoms with Crippen LogP contribution in [-0.2, 0) is 0 Å². The van der Waals surface area contributed by atoms with Crippen LogP contribution in [0.15, 0.2) is 46.8 Å². The van der Waals surface area contributed by atoms with E-state index in [9.17, 15) is 4.79 Å². The summed E-state index contributed by atoms with van der Waals surface area (Å²) in [5.41, 5.74) is 6.76. The standard InChI is InChI=1S/C13H12IN3OS/c1-17(10-5-2-4-9(14)8-10)13(15)16-12(18)11-6-3-7-19-11/h2-8H,1H3,(H2,15,16,18). The molecule has 0 aliphatic rings. The average molecular weight is 385 g/mol. The summed E-state index contributed by atoms with van der Waals surface area (Å²) < 4.78 is 1.10. The number of hydrogen-bond acceptors (Lipinski definition) is 2. The van der Waals surface area contributed by atoms with Gasteiger partial charge in [0.15, 0.2) is 0 Å². The Morgan fingerprint density at radius 2 is 2.16 bits per heavy atom. The van der Waals surface area contributed by atoms with Gasteiger partial charge in [-0.1, -0.05) is 12.1 Å². The summed E-state index contributed by atoms with van der Waals surface area (Å²) in [5, 5.41) is 1.84. The molecule has 19 heavy (non-hydrogen) atoms. The molecule has 4 nitrogen and oxygen atoms in total. The number of amides is 1. The molecule has 0 saturated heterocycles. The minimum absolute atomic E-state index is 0.181. The van der Waals surface area contributed by atoms with Crippen molar-refractivity contribution in [3.05, 3.63) is 50.2 Å². The van der Waals surface area contributed by atoms with E-state index in [0.717, 1.165) is 9.26 Å². The summed E-state index contributed by atoms with van der Waals surface area (Å²) >= 11 is 3.57. The number of hydrogen-bond donors (Lipinski definition) is 1. The van der Waals surface area contributed by atoms with E-state index in [2.05, 4.69) is 27.6 Å². The van der Waals surface area contributed by atoms with Gasteiger partial charge in [-0.2, -0.15) is 4.99 Å². The Morgan fingerprint density at radius 1 is 1.37 bits per heavy atom. The summed E-state index contributed by atoms with van der Waals surface area (Å²) in [6, 6.07) is 11.4. The maximum absolute atomic E-state index is 11.8. The molecule has 0 aliphatic heterocycles. The number of benzene rings is 1. The minimum Gasteiger partial charge on any atom is -0.369 e. The first-order valence-corrected chi connectivity index (χ1v) is 7.45. The van der Waals surface area contributed by atoms with Crippen LogP contribution in [0, 0.1) is 3.57 Å². The molecule has 2 N–H and O–H groups in total. The molecule has 1 amide bonds. The van der Waals surface area contributed by atoms with Crippen LogP contribution in [0.2, 0.25) is 0 Å². The normalized spacial score (nSPS) is 11.4. The van der Waals surface area contributed by atoms with E-state index in [1.165, 1.54) is 11.3 Å². The Balaban J connectivity index is 2.19. The fourth-order valence-corrected chi connectivity index (χ4v) is 2.59. The van der Waals surface area contributed by atoms with E-state index in [0.29, 0.717) is 4.88 Å². The molecular formula is C13H12IN3OS. The molecule has 1 aromatic carbocycles. The van der Waals surface area contributed by atoms with E-state index in [1.54, 1.807) is 18.0 Å². The van der Waals surface area contributed by atoms with E-state index < -0.39 is 0 Å². The molecule has 1 aromatic heterocycles. The van der Waals surface area contributed by atoms with Gasteiger partial charge in [0, 0.05) is 16.3 Å². The molecule has 0 radical (unpaired) electrons. The third-order valence-electron chi connectivity index (χ3n) is 2.49. The van der Waals surface area contributed by atoms with Gasteiger partial charge in [0.25, 0.3) is 5.91 Å². The number of carbonyl (C=O) groups is 1. The highest BCUT2D eigenvalue weighted by atomic mass is 127. The summed E-state index contributed by atoms with van der Waals surface area (Å²) in [5.74, 6) is -0.134. The first kappa shape index (κ1) is 14.0. The largest absolute Gasteiger partial charge is 0.369 e. The lowest BCUT2D eigenvalue weighted by atomic mass is 10.3. The first-order valence-electron chi connectivity index (χ1n) is 5.49. The second kappa shape index (κ2) is 6.16. The number of carbonyl (C=O) groups excluding carboxylic acids is 1. The van der Waals surface area contributed by atoms with Crippen LogP contribution in [-0.4, -0.2) is 18.9 Å². The van der Waals surface area contributed by atoms with Crippen LogP contribution in [0.25, 0.3) is 0 Å². The Kier molecular flexibility index (Phi) is 4.54. The van der Waals surface area contributed by atoms with Crippen LogP contribution >= 0.6 is 33.9 Å². The highest BCUT2D eigenvalue weighted by Crippen LogP contribution is 2.16. The predicted octanol–water partition coefficient (Wildman–Crippen LogP) is 2.94. The van der Waals surface area contributed by atoms with Crippen molar-refractivity contribution in [1.82, 2.24) is 0 Å². The molecule has 0 unspecified atom stereocenters. The molecule has 0 fully saturated rings. The second-order valence-corrected chi connectivity index (χ2v) is 5.98. The van der Waals surface area contributed by atoms with E-state index in [-0.39, 0.29) is 11.9 Å². The zero-order valence-corrected chi connectivity index (χ0v) is 13.2. The monoisotopic (exact) mass is 385 g/mol. The zero-order valence-electron chi connectivity index (χ0n) is 10.2. The van der Waals surface area contributed by atoms with Crippen molar-refractivity contribution < 1.29 is 4.79 Å². The smallest absolute Gasteiger partial charge is 0.290 e. The Morgan fingerprint density at radius 3 is 2.79 bits per heavy atom. The third kappa shape index (κ3) is 3.54. The highest BCUT2D eigenvalue weighted by Gasteiger charge is 2.10. The van der Waals surface area contributed by atoms with E-state index in [4.69, 9.17) is 5.73 Å². The van der Waals surface area contributed by atoms with Gasteiger partial charge in [0.05, 0.1) is 4.88 Å². The van der Waals surface area contributed by atoms with Crippen LogP contribution in [0.4, 0.5) is 5.69 Å². The van der Waals surface area contributed by atoms with Crippen molar-refractivity contribution in [1.29, 1.82) is 0 Å². The molecule has 1 heterocycles. The highest BCUT2D eigenvalue weighted by molar-refractivity contribution is 14.1. The molecule has 0 aliphatic carbocycles. The quantitative estimate of drug-likeness (QED) is 0.491. The molecule has 98 valence electrons. The Labute approximate surface area is 129 Å². The predicted molar refractivity (Wildman–Crippen MR) is 87.8 cm³/mol. The number of aliphatic imine (C=N–C) groups is 1. The second-order valence-electron chi connectivity index (χ2n) is 3.79. The Bertz CT molecular complexity index is 610. The minimum atomic E-state index is -0.315. The molecule has 0 spiro atoms. The van der Waals surface area contributed by atoms with Crippen molar-refractivity contribution in [3.63, 3.8) is 0 Å². The zero-order chi connectivity index (χ0) is 13.8. The number of nitrogens with zero attached hydrogens (tertiary/aromatic N) is 2. The Hall–Kier alpha value is -1.41. The van der Waals surface area contributed by atoms with Gasteiger partial charge in [0.1, 0.15) is 0 Å². The van der Waals surface area contributed by atoms with Crippen LogP contribution in [0.3, 0.4) is 0 Å². The molecule has 2 rings (SSSR count). The molecule has 0 atom stereocenters. The van der Waals surface area contributed by atoms with Crippen molar-refractivity contribution in [2.75, 3.05) is 11.9 Å². The average Bonchev–Trinajstić information content (AvgIpc) is 2.91. The van der Waals surface area contributed by atoms with Gasteiger partial charge < -0.3 is 10.6 Å². The van der Waals surface area contributed by atoms with Gasteiger partial charge >= 0.3 is 0 Å². The lowest BCUT2D eigenvalue weighted by Crippen LogP contribution is -2.34. The van der Waals surface area contributed by atoms with Crippen molar-refractivity contribution in [2.45, 2.75) is 0 Å². The topological polar surface area (TPSA) is 58.7 Å². The SMILES string of the molecule is CN(C(N)=NC(=O)c1cccs1)c1cccc(I)c1. The third-order valence-corrected chi connectivity index (χ3v) is 4.02. The number of thiophene rings is 1. The van der Waals surface area contributed by atoms with Gasteiger partial charge in [-0.3, -0.25) is 4.79 Å². The van der Waals surface area contributed by atoms with Crippen LogP contribution in [0.5, 0.6) is 0 Å². The van der Waals surface area contributed by atoms with Crippen molar-refractivity contribution in [3.8, 4) is 0 Å². The van der Waals surface area contributed by atoms with Gasteiger partial charge in [-0.25, -0.2) is 0 Å². The summed E-state index contributed by atoms with van der Waals surface area (Å²) in [7, 11) is 1.78. The number of halogens is 1. The maximum Gasteiger partial charge on any atom is 0.290 e. The number of rotatable bonds is 2. The fraction of sp³-hybridized carbons (Fsp3) is 0.0769. The number of anilines is 1. The van der Waals surface area contributed by atoms with Gasteiger partial charge in [0.2, 0.25) is 5.96 Å². The lowest BCUT2D eigenvalue weighted by Gasteiger charge is -2.17. The van der Waals surface area contributed by atoms with Crippen molar-refractivity contribution in [2.24, 2.45) is 10.7 Å². The first-order chi connectivity index (χ1) is 9.08. The number of guanidine groups is 1. The van der Waals surface area contributed by atoms with Crippen molar-refractivity contribution >= 4 is 51.5 Å². The maximum atomic E-state index is 11.8. The number of nitrogens with two attached hydrogens (primary N) is 1. The summed E-state index contributed by atoms with van der Waals surface area (Å²) in [4.78, 5) is 18.0. The molecular weight excluding hydrogens is 373 g/mol. The summed E-state index contributed by atoms with van der Waals surface area (Å²) in [6.07, 6.45) is 0. The summed E-state index contributed by atoms with van der Waals surface area (Å²) in [6.45, 7) is 0.